The Morgan fingerprint density at radius 1 is 1.00 bits per heavy atom. The monoisotopic (exact) mass is 353 g/mol. The lowest BCUT2D eigenvalue weighted by Crippen LogP contribution is -2.45. The second kappa shape index (κ2) is 8.83. The zero-order valence-corrected chi connectivity index (χ0v) is 15.3. The highest BCUT2D eigenvalue weighted by atomic mass is 16.4. The van der Waals surface area contributed by atoms with Gasteiger partial charge < -0.3 is 15.3 Å². The zero-order valence-electron chi connectivity index (χ0n) is 15.3. The number of hydrogen-bond donors (Lipinski definition) is 2. The van der Waals surface area contributed by atoms with Crippen LogP contribution >= 0.6 is 0 Å². The molecule has 3 rings (SSSR count). The van der Waals surface area contributed by atoms with Crippen molar-refractivity contribution in [3.63, 3.8) is 0 Å². The van der Waals surface area contributed by atoms with Crippen LogP contribution in [0.2, 0.25) is 0 Å². The number of rotatable bonds is 7. The summed E-state index contributed by atoms with van der Waals surface area (Å²) < 4.78 is 0. The van der Waals surface area contributed by atoms with Crippen molar-refractivity contribution in [2.24, 2.45) is 0 Å². The van der Waals surface area contributed by atoms with Crippen molar-refractivity contribution in [2.75, 3.05) is 38.0 Å². The average Bonchev–Trinajstić information content (AvgIpc) is 2.68. The molecule has 1 heterocycles. The number of piperazine rings is 1. The van der Waals surface area contributed by atoms with E-state index in [0.29, 0.717) is 12.1 Å². The van der Waals surface area contributed by atoms with Crippen LogP contribution in [0.25, 0.3) is 0 Å². The lowest BCUT2D eigenvalue weighted by Gasteiger charge is -2.34. The van der Waals surface area contributed by atoms with Crippen molar-refractivity contribution in [1.82, 2.24) is 9.80 Å². The average molecular weight is 353 g/mol. The molecular formula is C21H27N3O2. The molecule has 0 aliphatic carbocycles. The standard InChI is InChI=1S/C21H27N3O2/c1-2-23-10-12-24(13-11-23)16-17-6-8-20(9-7-17)22-15-18-4-3-5-19(14-18)21(25)26/h3-9,14,22H,2,10-13,15-16H2,1H3,(H,25,26). The van der Waals surface area contributed by atoms with Gasteiger partial charge in [0.05, 0.1) is 5.56 Å². The number of likely N-dealkylation sites (N-methyl/N-ethyl adjacent to an activating group) is 1. The van der Waals surface area contributed by atoms with Crippen LogP contribution < -0.4 is 5.32 Å². The number of nitrogens with one attached hydrogen (secondary N) is 1. The van der Waals surface area contributed by atoms with Gasteiger partial charge in [0.2, 0.25) is 0 Å². The number of carboxylic acid groups (broad SMARTS) is 1. The summed E-state index contributed by atoms with van der Waals surface area (Å²) in [6.45, 7) is 9.55. The molecule has 1 fully saturated rings. The van der Waals surface area contributed by atoms with E-state index in [4.69, 9.17) is 5.11 Å². The van der Waals surface area contributed by atoms with Gasteiger partial charge in [-0.3, -0.25) is 4.90 Å². The van der Waals surface area contributed by atoms with E-state index in [1.807, 2.05) is 6.07 Å². The van der Waals surface area contributed by atoms with Crippen molar-refractivity contribution in [3.8, 4) is 0 Å². The van der Waals surface area contributed by atoms with E-state index in [2.05, 4.69) is 46.3 Å². The second-order valence-electron chi connectivity index (χ2n) is 6.77. The van der Waals surface area contributed by atoms with Crippen molar-refractivity contribution >= 4 is 11.7 Å². The number of aromatic carboxylic acids is 1. The van der Waals surface area contributed by atoms with Gasteiger partial charge in [0.1, 0.15) is 0 Å². The lowest BCUT2D eigenvalue weighted by atomic mass is 10.1. The first-order valence-corrected chi connectivity index (χ1v) is 9.24. The number of benzene rings is 2. The van der Waals surface area contributed by atoms with Crippen LogP contribution in [0.1, 0.15) is 28.4 Å². The summed E-state index contributed by atoms with van der Waals surface area (Å²) in [4.78, 5) is 16.0. The van der Waals surface area contributed by atoms with E-state index >= 15 is 0 Å². The molecule has 0 unspecified atom stereocenters. The smallest absolute Gasteiger partial charge is 0.335 e. The summed E-state index contributed by atoms with van der Waals surface area (Å²) >= 11 is 0. The Balaban J connectivity index is 1.50. The largest absolute Gasteiger partial charge is 0.478 e. The normalized spacial score (nSPS) is 15.7. The van der Waals surface area contributed by atoms with Crippen LogP contribution in [-0.2, 0) is 13.1 Å². The van der Waals surface area contributed by atoms with Crippen molar-refractivity contribution in [1.29, 1.82) is 0 Å². The van der Waals surface area contributed by atoms with Gasteiger partial charge in [0.25, 0.3) is 0 Å². The van der Waals surface area contributed by atoms with Gasteiger partial charge in [-0.15, -0.1) is 0 Å². The molecule has 0 amide bonds. The molecule has 2 N–H and O–H groups in total. The molecule has 5 heteroatoms. The van der Waals surface area contributed by atoms with Gasteiger partial charge in [0.15, 0.2) is 0 Å². The van der Waals surface area contributed by atoms with Crippen LogP contribution in [0, 0.1) is 0 Å². The van der Waals surface area contributed by atoms with Gasteiger partial charge in [-0.25, -0.2) is 4.79 Å². The van der Waals surface area contributed by atoms with Crippen LogP contribution in [0.3, 0.4) is 0 Å². The summed E-state index contributed by atoms with van der Waals surface area (Å²) in [6.07, 6.45) is 0. The molecule has 0 spiro atoms. The Bertz CT molecular complexity index is 722. The molecule has 0 bridgehead atoms. The minimum absolute atomic E-state index is 0.322. The highest BCUT2D eigenvalue weighted by molar-refractivity contribution is 5.87. The first-order valence-electron chi connectivity index (χ1n) is 9.24. The second-order valence-corrected chi connectivity index (χ2v) is 6.77. The Labute approximate surface area is 155 Å². The number of carbonyl (C=O) groups is 1. The van der Waals surface area contributed by atoms with E-state index in [1.165, 1.54) is 5.56 Å². The van der Waals surface area contributed by atoms with E-state index < -0.39 is 5.97 Å². The third kappa shape index (κ3) is 5.07. The molecular weight excluding hydrogens is 326 g/mol. The molecule has 0 atom stereocenters. The molecule has 1 saturated heterocycles. The Hall–Kier alpha value is -2.37. The predicted octanol–water partition coefficient (Wildman–Crippen LogP) is 3.13. The molecule has 5 nitrogen and oxygen atoms in total. The van der Waals surface area contributed by atoms with Crippen molar-refractivity contribution < 1.29 is 9.90 Å². The van der Waals surface area contributed by atoms with Crippen LogP contribution in [0.4, 0.5) is 5.69 Å². The lowest BCUT2D eigenvalue weighted by molar-refractivity contribution is 0.0696. The molecule has 2 aromatic carbocycles. The number of hydrogen-bond acceptors (Lipinski definition) is 4. The summed E-state index contributed by atoms with van der Waals surface area (Å²) in [5.74, 6) is -0.893. The minimum Gasteiger partial charge on any atom is -0.478 e. The predicted molar refractivity (Wildman–Crippen MR) is 105 cm³/mol. The maximum Gasteiger partial charge on any atom is 0.335 e. The molecule has 2 aromatic rings. The minimum atomic E-state index is -0.893. The summed E-state index contributed by atoms with van der Waals surface area (Å²) in [6, 6.07) is 15.6. The maximum atomic E-state index is 11.0. The highest BCUT2D eigenvalue weighted by Gasteiger charge is 2.15. The molecule has 1 aliphatic heterocycles. The van der Waals surface area contributed by atoms with Crippen LogP contribution in [-0.4, -0.2) is 53.6 Å². The molecule has 0 aromatic heterocycles. The third-order valence-electron chi connectivity index (χ3n) is 4.94. The van der Waals surface area contributed by atoms with Crippen molar-refractivity contribution in [2.45, 2.75) is 20.0 Å². The van der Waals surface area contributed by atoms with Crippen LogP contribution in [0.15, 0.2) is 48.5 Å². The number of carboxylic acids is 1. The summed E-state index contributed by atoms with van der Waals surface area (Å²) in [5, 5.41) is 12.4. The van der Waals surface area contributed by atoms with Crippen LogP contribution in [0.5, 0.6) is 0 Å². The Kier molecular flexibility index (Phi) is 6.26. The van der Waals surface area contributed by atoms with Gasteiger partial charge >= 0.3 is 5.97 Å². The van der Waals surface area contributed by atoms with E-state index in [-0.39, 0.29) is 0 Å². The number of nitrogens with zero attached hydrogens (tertiary/aromatic N) is 2. The molecule has 1 aliphatic rings. The van der Waals surface area contributed by atoms with Gasteiger partial charge in [-0.1, -0.05) is 31.2 Å². The summed E-state index contributed by atoms with van der Waals surface area (Å²) in [7, 11) is 0. The first-order chi connectivity index (χ1) is 12.6. The van der Waals surface area contributed by atoms with Gasteiger partial charge in [0, 0.05) is 45.0 Å². The van der Waals surface area contributed by atoms with Crippen molar-refractivity contribution in [3.05, 3.63) is 65.2 Å². The SMILES string of the molecule is CCN1CCN(Cc2ccc(NCc3cccc(C(=O)O)c3)cc2)CC1. The van der Waals surface area contributed by atoms with E-state index in [9.17, 15) is 4.79 Å². The van der Waals surface area contributed by atoms with Gasteiger partial charge in [-0.2, -0.15) is 0 Å². The topological polar surface area (TPSA) is 55.8 Å². The molecule has 26 heavy (non-hydrogen) atoms. The number of anilines is 1. The Morgan fingerprint density at radius 2 is 1.69 bits per heavy atom. The highest BCUT2D eigenvalue weighted by Crippen LogP contribution is 2.14. The van der Waals surface area contributed by atoms with E-state index in [0.717, 1.165) is 50.5 Å². The fraction of sp³-hybridized carbons (Fsp3) is 0.381. The molecule has 138 valence electrons. The Morgan fingerprint density at radius 3 is 2.35 bits per heavy atom. The molecule has 0 radical (unpaired) electrons. The van der Waals surface area contributed by atoms with Gasteiger partial charge in [-0.05, 0) is 41.9 Å². The molecule has 0 saturated carbocycles. The fourth-order valence-corrected chi connectivity index (χ4v) is 3.27. The zero-order chi connectivity index (χ0) is 18.4. The first kappa shape index (κ1) is 18.4. The third-order valence-corrected chi connectivity index (χ3v) is 4.94. The summed E-state index contributed by atoms with van der Waals surface area (Å²) in [5.41, 5.74) is 3.66. The quantitative estimate of drug-likeness (QED) is 0.801. The van der Waals surface area contributed by atoms with E-state index in [1.54, 1.807) is 18.2 Å². The maximum absolute atomic E-state index is 11.0. The fourth-order valence-electron chi connectivity index (χ4n) is 3.27.